The van der Waals surface area contributed by atoms with E-state index in [1.807, 2.05) is 16.7 Å². The molecule has 0 saturated heterocycles. The number of benzene rings is 2. The Morgan fingerprint density at radius 2 is 1.57 bits per heavy atom. The van der Waals surface area contributed by atoms with Crippen LogP contribution in [0.2, 0.25) is 20.1 Å². The topological polar surface area (TPSA) is 80.6 Å². The average molecular weight is 550 g/mol. The minimum absolute atomic E-state index is 0. The Morgan fingerprint density at radius 3 is 2.20 bits per heavy atom. The maximum Gasteiger partial charge on any atom is 0.304 e. The van der Waals surface area contributed by atoms with Crippen LogP contribution in [0.3, 0.4) is 0 Å². The number of nitrogens with one attached hydrogen (secondary N) is 1. The first-order valence-electron chi connectivity index (χ1n) is 8.48. The highest BCUT2D eigenvalue weighted by atomic mass is 79.9. The number of imidazole rings is 1. The second-order valence-corrected chi connectivity index (χ2v) is 8.12. The van der Waals surface area contributed by atoms with E-state index in [0.29, 0.717) is 44.3 Å². The molecule has 0 radical (unpaired) electrons. The number of aromatic amines is 1. The third-order valence-electron chi connectivity index (χ3n) is 4.41. The quantitative estimate of drug-likeness (QED) is 0.377. The number of halogens is 5. The van der Waals surface area contributed by atoms with Crippen LogP contribution in [0, 0.1) is 0 Å². The van der Waals surface area contributed by atoms with Gasteiger partial charge in [-0.2, -0.15) is 4.98 Å². The molecule has 0 bridgehead atoms. The predicted molar refractivity (Wildman–Crippen MR) is 116 cm³/mol. The molecule has 3 N–H and O–H groups in total. The van der Waals surface area contributed by atoms with Gasteiger partial charge in [-0.25, -0.2) is 9.13 Å². The van der Waals surface area contributed by atoms with Gasteiger partial charge in [0.15, 0.2) is 0 Å². The predicted octanol–water partition coefficient (Wildman–Crippen LogP) is 1.31. The van der Waals surface area contributed by atoms with Gasteiger partial charge in [0, 0.05) is 0 Å². The third-order valence-corrected chi connectivity index (χ3v) is 5.88. The number of aromatic nitrogens is 4. The van der Waals surface area contributed by atoms with Crippen molar-refractivity contribution in [2.24, 2.45) is 0 Å². The van der Waals surface area contributed by atoms with Crippen molar-refractivity contribution < 1.29 is 21.5 Å². The zero-order valence-corrected chi connectivity index (χ0v) is 19.8. The van der Waals surface area contributed by atoms with Crippen LogP contribution in [-0.4, -0.2) is 14.5 Å². The minimum Gasteiger partial charge on any atom is -1.00 e. The SMILES string of the molecule is Nc1nc2c(c(=O)[nH]1)[n+](Cc1ccc(Cl)c(Cl)c1)cn2Cc1ccc(Cl)c(Cl)c1.[Br-]. The molecule has 4 aromatic rings. The Labute approximate surface area is 201 Å². The summed E-state index contributed by atoms with van der Waals surface area (Å²) < 4.78 is 3.62. The fourth-order valence-electron chi connectivity index (χ4n) is 3.12. The molecule has 0 aliphatic rings. The Hall–Kier alpha value is -1.77. The molecule has 0 aliphatic carbocycles. The number of anilines is 1. The first-order valence-corrected chi connectivity index (χ1v) is 9.99. The molecule has 2 heterocycles. The van der Waals surface area contributed by atoms with Gasteiger partial charge in [-0.3, -0.25) is 9.78 Å². The molecule has 0 unspecified atom stereocenters. The first kappa shape index (κ1) is 22.9. The molecule has 30 heavy (non-hydrogen) atoms. The van der Waals surface area contributed by atoms with Crippen molar-refractivity contribution in [1.29, 1.82) is 0 Å². The lowest BCUT2D eigenvalue weighted by atomic mass is 10.2. The Morgan fingerprint density at radius 1 is 0.967 bits per heavy atom. The van der Waals surface area contributed by atoms with Crippen LogP contribution in [0.5, 0.6) is 0 Å². The van der Waals surface area contributed by atoms with Crippen molar-refractivity contribution in [2.75, 3.05) is 5.73 Å². The van der Waals surface area contributed by atoms with E-state index in [-0.39, 0.29) is 28.5 Å². The van der Waals surface area contributed by atoms with Crippen LogP contribution in [0.25, 0.3) is 11.2 Å². The summed E-state index contributed by atoms with van der Waals surface area (Å²) >= 11 is 24.3. The number of nitrogens with two attached hydrogens (primary N) is 1. The fraction of sp³-hybridized carbons (Fsp3) is 0.105. The van der Waals surface area contributed by atoms with E-state index in [9.17, 15) is 4.79 Å². The monoisotopic (exact) mass is 547 g/mol. The molecule has 0 amide bonds. The van der Waals surface area contributed by atoms with Crippen LogP contribution in [0.1, 0.15) is 11.1 Å². The number of hydrogen-bond acceptors (Lipinski definition) is 3. The summed E-state index contributed by atoms with van der Waals surface area (Å²) in [5.74, 6) is 0.0395. The molecule has 11 heteroatoms. The molecule has 0 aliphatic heterocycles. The maximum atomic E-state index is 12.6. The number of nitrogens with zero attached hydrogens (tertiary/aromatic N) is 3. The standard InChI is InChI=1S/C19H13Cl4N5O.BrH/c20-12-3-1-10(5-14(12)22)7-27-9-28(8-11-2-4-13(21)15(23)6-11)17-16(27)18(29)26-19(24)25-17;/h1-6,9H,7-8H2,(H2-,24,25,26,29);1H. The Bertz CT molecular complexity index is 1300. The molecule has 0 spiro atoms. The van der Waals surface area contributed by atoms with E-state index in [1.54, 1.807) is 35.2 Å². The lowest BCUT2D eigenvalue weighted by molar-refractivity contribution is -0.663. The molecule has 6 nitrogen and oxygen atoms in total. The van der Waals surface area contributed by atoms with Crippen LogP contribution >= 0.6 is 46.4 Å². The lowest BCUT2D eigenvalue weighted by Crippen LogP contribution is -3.00. The fourth-order valence-corrected chi connectivity index (χ4v) is 3.76. The van der Waals surface area contributed by atoms with E-state index in [1.165, 1.54) is 0 Å². The molecule has 4 rings (SSSR count). The van der Waals surface area contributed by atoms with Crippen LogP contribution < -0.4 is 32.8 Å². The summed E-state index contributed by atoms with van der Waals surface area (Å²) in [6, 6.07) is 10.7. The van der Waals surface area contributed by atoms with Crippen LogP contribution in [-0.2, 0) is 13.1 Å². The molecule has 0 atom stereocenters. The van der Waals surface area contributed by atoms with Crippen molar-refractivity contribution in [3.05, 3.63) is 84.3 Å². The van der Waals surface area contributed by atoms with Gasteiger partial charge in [-0.1, -0.05) is 58.5 Å². The average Bonchev–Trinajstić information content (AvgIpc) is 2.98. The van der Waals surface area contributed by atoms with E-state index in [4.69, 9.17) is 52.1 Å². The summed E-state index contributed by atoms with van der Waals surface area (Å²) in [4.78, 5) is 19.5. The molecule has 2 aromatic heterocycles. The van der Waals surface area contributed by atoms with E-state index in [2.05, 4.69) is 9.97 Å². The Kier molecular flexibility index (Phi) is 6.99. The minimum atomic E-state index is -0.333. The second-order valence-electron chi connectivity index (χ2n) is 6.49. The van der Waals surface area contributed by atoms with E-state index < -0.39 is 0 Å². The van der Waals surface area contributed by atoms with Gasteiger partial charge in [0.05, 0.1) is 20.1 Å². The van der Waals surface area contributed by atoms with Gasteiger partial charge in [-0.15, -0.1) is 0 Å². The normalized spacial score (nSPS) is 10.9. The number of H-pyrrole nitrogens is 1. The molecule has 0 fully saturated rings. The van der Waals surface area contributed by atoms with Crippen LogP contribution in [0.4, 0.5) is 5.95 Å². The number of rotatable bonds is 4. The molecular weight excluding hydrogens is 536 g/mol. The lowest BCUT2D eigenvalue weighted by Gasteiger charge is -2.01. The number of fused-ring (bicyclic) bond motifs is 1. The summed E-state index contributed by atoms with van der Waals surface area (Å²) in [5, 5.41) is 1.84. The van der Waals surface area contributed by atoms with E-state index >= 15 is 0 Å². The first-order chi connectivity index (χ1) is 13.8. The second kappa shape index (κ2) is 9.16. The van der Waals surface area contributed by atoms with Gasteiger partial charge in [-0.05, 0) is 35.4 Å². The largest absolute Gasteiger partial charge is 1.00 e. The van der Waals surface area contributed by atoms with Crippen molar-refractivity contribution in [2.45, 2.75) is 13.1 Å². The zero-order valence-electron chi connectivity index (χ0n) is 15.2. The zero-order chi connectivity index (χ0) is 20.7. The summed E-state index contributed by atoms with van der Waals surface area (Å²) in [6.07, 6.45) is 1.80. The highest BCUT2D eigenvalue weighted by Gasteiger charge is 2.22. The number of nitrogen functional groups attached to an aromatic ring is 1. The third kappa shape index (κ3) is 4.60. The molecular formula is C19H14BrCl4N5O. The van der Waals surface area contributed by atoms with Gasteiger partial charge in [0.25, 0.3) is 11.2 Å². The van der Waals surface area contributed by atoms with Crippen molar-refractivity contribution in [3.8, 4) is 0 Å². The van der Waals surface area contributed by atoms with Crippen molar-refractivity contribution in [1.82, 2.24) is 14.5 Å². The summed E-state index contributed by atoms with van der Waals surface area (Å²) in [5.41, 5.74) is 8.07. The van der Waals surface area contributed by atoms with Crippen molar-refractivity contribution >= 4 is 63.5 Å². The van der Waals surface area contributed by atoms with Crippen molar-refractivity contribution in [3.63, 3.8) is 0 Å². The summed E-state index contributed by atoms with van der Waals surface area (Å²) in [6.45, 7) is 0.827. The summed E-state index contributed by atoms with van der Waals surface area (Å²) in [7, 11) is 0. The van der Waals surface area contributed by atoms with Crippen LogP contribution in [0.15, 0.2) is 47.5 Å². The molecule has 2 aromatic carbocycles. The van der Waals surface area contributed by atoms with Gasteiger partial charge in [0.2, 0.25) is 12.3 Å². The molecule has 156 valence electrons. The maximum absolute atomic E-state index is 12.6. The Balaban J connectivity index is 0.00000256. The van der Waals surface area contributed by atoms with E-state index in [0.717, 1.165) is 11.1 Å². The number of hydrogen-bond donors (Lipinski definition) is 2. The highest BCUT2D eigenvalue weighted by Crippen LogP contribution is 2.24. The smallest absolute Gasteiger partial charge is 0.304 e. The van der Waals surface area contributed by atoms with Gasteiger partial charge >= 0.3 is 5.56 Å². The molecule has 0 saturated carbocycles. The van der Waals surface area contributed by atoms with Gasteiger partial charge in [0.1, 0.15) is 13.1 Å². The van der Waals surface area contributed by atoms with Gasteiger partial charge < -0.3 is 22.7 Å². The highest BCUT2D eigenvalue weighted by molar-refractivity contribution is 6.42.